The first-order valence-corrected chi connectivity index (χ1v) is 8.17. The van der Waals surface area contributed by atoms with Crippen LogP contribution < -0.4 is 5.32 Å². The van der Waals surface area contributed by atoms with E-state index in [1.807, 2.05) is 18.2 Å². The molecule has 4 heteroatoms. The molecule has 0 spiro atoms. The van der Waals surface area contributed by atoms with Crippen molar-refractivity contribution in [3.63, 3.8) is 0 Å². The molecule has 1 N–H and O–H groups in total. The first kappa shape index (κ1) is 17.9. The van der Waals surface area contributed by atoms with Crippen molar-refractivity contribution in [3.05, 3.63) is 71.5 Å². The fraction of sp³-hybridized carbons (Fsp3) is 0.300. The lowest BCUT2D eigenvalue weighted by molar-refractivity contribution is -0.121. The highest BCUT2D eigenvalue weighted by atomic mass is 19.1. The van der Waals surface area contributed by atoms with Crippen molar-refractivity contribution in [2.75, 3.05) is 6.54 Å². The number of Topliss-reactive ketones (excluding diaryl/α,β-unsaturated/α-hetero) is 1. The van der Waals surface area contributed by atoms with Crippen molar-refractivity contribution in [3.8, 4) is 0 Å². The predicted octanol–water partition coefficient (Wildman–Crippen LogP) is 4.10. The van der Waals surface area contributed by atoms with Gasteiger partial charge < -0.3 is 5.32 Å². The summed E-state index contributed by atoms with van der Waals surface area (Å²) in [6.07, 6.45) is 0.922. The molecule has 1 atom stereocenters. The van der Waals surface area contributed by atoms with Crippen molar-refractivity contribution in [2.45, 2.75) is 32.1 Å². The Hall–Kier alpha value is -2.49. The average Bonchev–Trinajstić information content (AvgIpc) is 2.60. The number of hydrogen-bond donors (Lipinski definition) is 1. The molecule has 0 radical (unpaired) electrons. The molecule has 0 fully saturated rings. The second-order valence-electron chi connectivity index (χ2n) is 5.85. The Bertz CT molecular complexity index is 685. The van der Waals surface area contributed by atoms with E-state index in [1.165, 1.54) is 23.8 Å². The van der Waals surface area contributed by atoms with Crippen molar-refractivity contribution < 1.29 is 14.0 Å². The molecule has 0 saturated carbocycles. The summed E-state index contributed by atoms with van der Waals surface area (Å²) in [6, 6.07) is 15.9. The Balaban J connectivity index is 1.70. The molecule has 24 heavy (non-hydrogen) atoms. The number of hydrogen-bond acceptors (Lipinski definition) is 2. The van der Waals surface area contributed by atoms with Crippen molar-refractivity contribution >= 4 is 11.7 Å². The lowest BCUT2D eigenvalue weighted by atomic mass is 9.98. The molecule has 2 aromatic rings. The summed E-state index contributed by atoms with van der Waals surface area (Å²) in [5.41, 5.74) is 1.28. The zero-order valence-electron chi connectivity index (χ0n) is 13.8. The van der Waals surface area contributed by atoms with E-state index in [9.17, 15) is 14.0 Å². The molecular formula is C20H22FNO2. The number of amides is 1. The van der Waals surface area contributed by atoms with Crippen LogP contribution in [0.4, 0.5) is 4.39 Å². The molecule has 0 saturated heterocycles. The number of rotatable bonds is 8. The van der Waals surface area contributed by atoms with E-state index in [0.717, 1.165) is 6.42 Å². The number of carbonyl (C=O) groups excluding carboxylic acids is 2. The maximum atomic E-state index is 13.5. The monoisotopic (exact) mass is 327 g/mol. The van der Waals surface area contributed by atoms with E-state index in [-0.39, 0.29) is 30.1 Å². The second kappa shape index (κ2) is 8.96. The molecule has 0 aliphatic heterocycles. The standard InChI is InChI=1S/C20H22FNO2/c1-15(16-7-3-2-4-8-16)13-14-22-20(24)12-11-19(23)17-9-5-6-10-18(17)21/h2-10,15H,11-14H2,1H3,(H,22,24). The van der Waals surface area contributed by atoms with Gasteiger partial charge in [0.25, 0.3) is 0 Å². The second-order valence-corrected chi connectivity index (χ2v) is 5.85. The molecule has 2 rings (SSSR count). The van der Waals surface area contributed by atoms with Crippen LogP contribution in [0.5, 0.6) is 0 Å². The zero-order valence-corrected chi connectivity index (χ0v) is 13.8. The van der Waals surface area contributed by atoms with Gasteiger partial charge in [-0.3, -0.25) is 9.59 Å². The number of benzene rings is 2. The summed E-state index contributed by atoms with van der Waals surface area (Å²) in [6.45, 7) is 2.67. The summed E-state index contributed by atoms with van der Waals surface area (Å²) < 4.78 is 13.5. The molecule has 0 aliphatic rings. The molecule has 0 aromatic heterocycles. The van der Waals surface area contributed by atoms with Gasteiger partial charge in [-0.25, -0.2) is 4.39 Å². The van der Waals surface area contributed by atoms with E-state index in [4.69, 9.17) is 0 Å². The van der Waals surface area contributed by atoms with Gasteiger partial charge in [0, 0.05) is 19.4 Å². The van der Waals surface area contributed by atoms with Gasteiger partial charge >= 0.3 is 0 Å². The molecule has 126 valence electrons. The minimum Gasteiger partial charge on any atom is -0.356 e. The molecule has 0 heterocycles. The minimum absolute atomic E-state index is 0.0149. The Morgan fingerprint density at radius 3 is 2.38 bits per heavy atom. The number of nitrogens with one attached hydrogen (secondary N) is 1. The van der Waals surface area contributed by atoms with Gasteiger partial charge in [0.15, 0.2) is 5.78 Å². The van der Waals surface area contributed by atoms with E-state index < -0.39 is 5.82 Å². The summed E-state index contributed by atoms with van der Waals surface area (Å²) in [4.78, 5) is 23.7. The summed E-state index contributed by atoms with van der Waals surface area (Å²) in [5, 5.41) is 2.82. The third kappa shape index (κ3) is 5.30. The highest BCUT2D eigenvalue weighted by Gasteiger charge is 2.13. The minimum atomic E-state index is -0.542. The van der Waals surface area contributed by atoms with E-state index in [0.29, 0.717) is 12.5 Å². The van der Waals surface area contributed by atoms with Gasteiger partial charge in [-0.05, 0) is 30.0 Å². The van der Waals surface area contributed by atoms with E-state index in [1.54, 1.807) is 6.07 Å². The Morgan fingerprint density at radius 1 is 1.00 bits per heavy atom. The van der Waals surface area contributed by atoms with Crippen LogP contribution in [-0.2, 0) is 4.79 Å². The average molecular weight is 327 g/mol. The lowest BCUT2D eigenvalue weighted by Gasteiger charge is -2.12. The van der Waals surface area contributed by atoms with Crippen LogP contribution in [0.15, 0.2) is 54.6 Å². The van der Waals surface area contributed by atoms with Crippen LogP contribution in [0.3, 0.4) is 0 Å². The largest absolute Gasteiger partial charge is 0.356 e. The molecule has 2 aromatic carbocycles. The number of halogens is 1. The van der Waals surface area contributed by atoms with Crippen LogP contribution in [0.25, 0.3) is 0 Å². The van der Waals surface area contributed by atoms with E-state index in [2.05, 4.69) is 24.4 Å². The maximum Gasteiger partial charge on any atom is 0.220 e. The van der Waals surface area contributed by atoms with Gasteiger partial charge in [-0.1, -0.05) is 49.4 Å². The van der Waals surface area contributed by atoms with E-state index >= 15 is 0 Å². The van der Waals surface area contributed by atoms with Crippen molar-refractivity contribution in [1.29, 1.82) is 0 Å². The number of ketones is 1. The van der Waals surface area contributed by atoms with Gasteiger partial charge in [0.2, 0.25) is 5.91 Å². The van der Waals surface area contributed by atoms with Crippen LogP contribution in [-0.4, -0.2) is 18.2 Å². The first-order valence-electron chi connectivity index (χ1n) is 8.17. The van der Waals surface area contributed by atoms with Crippen LogP contribution >= 0.6 is 0 Å². The Labute approximate surface area is 141 Å². The number of carbonyl (C=O) groups is 2. The maximum absolute atomic E-state index is 13.5. The molecule has 1 amide bonds. The van der Waals surface area contributed by atoms with Crippen molar-refractivity contribution in [2.24, 2.45) is 0 Å². The Morgan fingerprint density at radius 2 is 1.67 bits per heavy atom. The van der Waals surface area contributed by atoms with Crippen LogP contribution in [0, 0.1) is 5.82 Å². The van der Waals surface area contributed by atoms with Crippen molar-refractivity contribution in [1.82, 2.24) is 5.32 Å². The van der Waals surface area contributed by atoms with Gasteiger partial charge in [0.1, 0.15) is 5.82 Å². The SMILES string of the molecule is CC(CCNC(=O)CCC(=O)c1ccccc1F)c1ccccc1. The highest BCUT2D eigenvalue weighted by molar-refractivity contribution is 5.98. The fourth-order valence-corrected chi connectivity index (χ4v) is 2.51. The topological polar surface area (TPSA) is 46.2 Å². The quantitative estimate of drug-likeness (QED) is 0.742. The zero-order chi connectivity index (χ0) is 17.4. The smallest absolute Gasteiger partial charge is 0.220 e. The van der Waals surface area contributed by atoms with Gasteiger partial charge in [0.05, 0.1) is 5.56 Å². The van der Waals surface area contributed by atoms with Gasteiger partial charge in [-0.2, -0.15) is 0 Å². The molecule has 1 unspecified atom stereocenters. The first-order chi connectivity index (χ1) is 11.6. The third-order valence-corrected chi connectivity index (χ3v) is 4.02. The van der Waals surface area contributed by atoms with Crippen LogP contribution in [0.1, 0.15) is 48.0 Å². The summed E-state index contributed by atoms with van der Waals surface area (Å²) in [5.74, 6) is -0.716. The molecule has 3 nitrogen and oxygen atoms in total. The summed E-state index contributed by atoms with van der Waals surface area (Å²) >= 11 is 0. The lowest BCUT2D eigenvalue weighted by Crippen LogP contribution is -2.25. The molecule has 0 bridgehead atoms. The fourth-order valence-electron chi connectivity index (χ4n) is 2.51. The highest BCUT2D eigenvalue weighted by Crippen LogP contribution is 2.17. The Kier molecular flexibility index (Phi) is 6.67. The normalized spacial score (nSPS) is 11.8. The molecular weight excluding hydrogens is 305 g/mol. The molecule has 0 aliphatic carbocycles. The summed E-state index contributed by atoms with van der Waals surface area (Å²) in [7, 11) is 0. The van der Waals surface area contributed by atoms with Crippen LogP contribution in [0.2, 0.25) is 0 Å². The third-order valence-electron chi connectivity index (χ3n) is 4.02. The predicted molar refractivity (Wildman–Crippen MR) is 92.4 cm³/mol. The van der Waals surface area contributed by atoms with Gasteiger partial charge in [-0.15, -0.1) is 0 Å².